The van der Waals surface area contributed by atoms with Gasteiger partial charge in [0.1, 0.15) is 0 Å². The van der Waals surface area contributed by atoms with E-state index in [1.165, 1.54) is 6.07 Å². The third kappa shape index (κ3) is 1.15. The van der Waals surface area contributed by atoms with E-state index in [2.05, 4.69) is 10.2 Å². The summed E-state index contributed by atoms with van der Waals surface area (Å²) in [5.41, 5.74) is 1.43. The van der Waals surface area contributed by atoms with Crippen LogP contribution in [0, 0.1) is 6.92 Å². The molecule has 2 aromatic rings. The molecule has 2 rings (SSSR count). The summed E-state index contributed by atoms with van der Waals surface area (Å²) in [6.45, 7) is 1.76. The van der Waals surface area contributed by atoms with Crippen LogP contribution in [0.4, 0.5) is 0 Å². The van der Waals surface area contributed by atoms with Crippen molar-refractivity contribution in [1.29, 1.82) is 0 Å². The second-order valence-corrected chi connectivity index (χ2v) is 3.38. The van der Waals surface area contributed by atoms with Crippen molar-refractivity contribution < 1.29 is 9.90 Å². The molecule has 0 fully saturated rings. The van der Waals surface area contributed by atoms with E-state index in [4.69, 9.17) is 16.7 Å². The summed E-state index contributed by atoms with van der Waals surface area (Å²) in [5.74, 6) is -1.04. The number of aryl methyl sites for hydroxylation is 1. The Hall–Kier alpha value is -1.55. The Bertz CT molecular complexity index is 519. The topological polar surface area (TPSA) is 66.0 Å². The standard InChI is InChI=1S/C9H7ClN2O2/c1-4-7-6(12-11-4)3-2-5(10)8(7)9(13)14/h2-3H,1H3,(H,11,12)(H,13,14). The average Bonchev–Trinajstić information content (AvgIpc) is 2.47. The summed E-state index contributed by atoms with van der Waals surface area (Å²) in [4.78, 5) is 11.0. The van der Waals surface area contributed by atoms with Crippen LogP contribution in [0.2, 0.25) is 5.02 Å². The first-order valence-electron chi connectivity index (χ1n) is 3.97. The maximum Gasteiger partial charge on any atom is 0.337 e. The number of H-pyrrole nitrogens is 1. The first kappa shape index (κ1) is 9.02. The van der Waals surface area contributed by atoms with Gasteiger partial charge < -0.3 is 5.11 Å². The van der Waals surface area contributed by atoms with Crippen LogP contribution in [0.3, 0.4) is 0 Å². The molecule has 1 heterocycles. The third-order valence-corrected chi connectivity index (χ3v) is 2.38. The molecule has 0 saturated carbocycles. The normalized spacial score (nSPS) is 10.7. The number of carboxylic acids is 1. The lowest BCUT2D eigenvalue weighted by Gasteiger charge is -2.00. The highest BCUT2D eigenvalue weighted by Crippen LogP contribution is 2.26. The number of nitrogens with zero attached hydrogens (tertiary/aromatic N) is 1. The number of hydrogen-bond donors (Lipinski definition) is 2. The lowest BCUT2D eigenvalue weighted by molar-refractivity contribution is 0.0699. The third-order valence-electron chi connectivity index (χ3n) is 2.07. The SMILES string of the molecule is Cc1[nH]nc2ccc(Cl)c(C(=O)O)c12. The number of aromatic nitrogens is 2. The van der Waals surface area contributed by atoms with Crippen LogP contribution in [-0.4, -0.2) is 21.3 Å². The van der Waals surface area contributed by atoms with E-state index in [9.17, 15) is 4.79 Å². The van der Waals surface area contributed by atoms with Gasteiger partial charge in [0.05, 0.1) is 16.1 Å². The number of aromatic amines is 1. The Kier molecular flexibility index (Phi) is 1.93. The second-order valence-electron chi connectivity index (χ2n) is 2.97. The van der Waals surface area contributed by atoms with Crippen molar-refractivity contribution >= 4 is 28.5 Å². The van der Waals surface area contributed by atoms with Gasteiger partial charge in [0, 0.05) is 11.1 Å². The summed E-state index contributed by atoms with van der Waals surface area (Å²) < 4.78 is 0. The van der Waals surface area contributed by atoms with Gasteiger partial charge in [0.25, 0.3) is 0 Å². The van der Waals surface area contributed by atoms with E-state index < -0.39 is 5.97 Å². The summed E-state index contributed by atoms with van der Waals surface area (Å²) in [5, 5.41) is 16.5. The molecule has 1 aromatic carbocycles. The predicted molar refractivity (Wildman–Crippen MR) is 52.8 cm³/mol. The molecule has 2 N–H and O–H groups in total. The average molecular weight is 211 g/mol. The van der Waals surface area contributed by atoms with Crippen molar-refractivity contribution in [2.75, 3.05) is 0 Å². The minimum atomic E-state index is -1.04. The van der Waals surface area contributed by atoms with Gasteiger partial charge in [-0.1, -0.05) is 11.6 Å². The number of aromatic carboxylic acids is 1. The van der Waals surface area contributed by atoms with Crippen molar-refractivity contribution in [3.63, 3.8) is 0 Å². The molecule has 0 radical (unpaired) electrons. The van der Waals surface area contributed by atoms with Gasteiger partial charge in [0.15, 0.2) is 0 Å². The summed E-state index contributed by atoms with van der Waals surface area (Å²) >= 11 is 5.80. The van der Waals surface area contributed by atoms with Crippen LogP contribution in [0.15, 0.2) is 12.1 Å². The number of hydrogen-bond acceptors (Lipinski definition) is 2. The highest BCUT2D eigenvalue weighted by atomic mass is 35.5. The van der Waals surface area contributed by atoms with Gasteiger partial charge in [-0.15, -0.1) is 0 Å². The zero-order valence-electron chi connectivity index (χ0n) is 7.34. The number of benzene rings is 1. The Labute approximate surface area is 84.5 Å². The van der Waals surface area contributed by atoms with Crippen LogP contribution < -0.4 is 0 Å². The van der Waals surface area contributed by atoms with Crippen LogP contribution in [0.5, 0.6) is 0 Å². The molecule has 0 saturated heterocycles. The van der Waals surface area contributed by atoms with Crippen LogP contribution >= 0.6 is 11.6 Å². The fourth-order valence-electron chi connectivity index (χ4n) is 1.45. The minimum Gasteiger partial charge on any atom is -0.478 e. The van der Waals surface area contributed by atoms with Crippen molar-refractivity contribution in [2.45, 2.75) is 6.92 Å². The molecular formula is C9H7ClN2O2. The van der Waals surface area contributed by atoms with Gasteiger partial charge >= 0.3 is 5.97 Å². The summed E-state index contributed by atoms with van der Waals surface area (Å²) in [7, 11) is 0. The van der Waals surface area contributed by atoms with Gasteiger partial charge in [-0.05, 0) is 19.1 Å². The molecule has 0 aliphatic heterocycles. The number of nitrogens with one attached hydrogen (secondary N) is 1. The molecule has 0 aliphatic rings. The molecule has 0 unspecified atom stereocenters. The first-order valence-corrected chi connectivity index (χ1v) is 4.35. The maximum absolute atomic E-state index is 11.0. The van der Waals surface area contributed by atoms with E-state index in [0.29, 0.717) is 16.6 Å². The Morgan fingerprint density at radius 2 is 2.29 bits per heavy atom. The van der Waals surface area contributed by atoms with E-state index >= 15 is 0 Å². The summed E-state index contributed by atoms with van der Waals surface area (Å²) in [6, 6.07) is 3.22. The molecule has 0 spiro atoms. The molecular weight excluding hydrogens is 204 g/mol. The lowest BCUT2D eigenvalue weighted by Crippen LogP contribution is -1.98. The highest BCUT2D eigenvalue weighted by molar-refractivity contribution is 6.35. The molecule has 0 bridgehead atoms. The van der Waals surface area contributed by atoms with E-state index in [1.807, 2.05) is 0 Å². The van der Waals surface area contributed by atoms with Crippen LogP contribution in [0.1, 0.15) is 16.1 Å². The summed E-state index contributed by atoms with van der Waals surface area (Å²) in [6.07, 6.45) is 0. The number of carbonyl (C=O) groups is 1. The second kappa shape index (κ2) is 2.99. The van der Waals surface area contributed by atoms with E-state index in [1.54, 1.807) is 13.0 Å². The Balaban J connectivity index is 2.94. The van der Waals surface area contributed by atoms with Crippen LogP contribution in [0.25, 0.3) is 10.9 Å². The van der Waals surface area contributed by atoms with Gasteiger partial charge in [-0.3, -0.25) is 5.10 Å². The monoisotopic (exact) mass is 210 g/mol. The fourth-order valence-corrected chi connectivity index (χ4v) is 1.69. The molecule has 0 aliphatic carbocycles. The van der Waals surface area contributed by atoms with E-state index in [-0.39, 0.29) is 10.6 Å². The van der Waals surface area contributed by atoms with Gasteiger partial charge in [-0.25, -0.2) is 4.79 Å². The van der Waals surface area contributed by atoms with Crippen molar-refractivity contribution in [3.8, 4) is 0 Å². The molecule has 4 nitrogen and oxygen atoms in total. The van der Waals surface area contributed by atoms with Crippen molar-refractivity contribution in [3.05, 3.63) is 28.4 Å². The van der Waals surface area contributed by atoms with Crippen LogP contribution in [-0.2, 0) is 0 Å². The molecule has 0 atom stereocenters. The number of carboxylic acid groups (broad SMARTS) is 1. The highest BCUT2D eigenvalue weighted by Gasteiger charge is 2.16. The quantitative estimate of drug-likeness (QED) is 0.759. The zero-order chi connectivity index (χ0) is 10.3. The lowest BCUT2D eigenvalue weighted by atomic mass is 10.1. The fraction of sp³-hybridized carbons (Fsp3) is 0.111. The molecule has 5 heteroatoms. The van der Waals surface area contributed by atoms with Crippen molar-refractivity contribution in [1.82, 2.24) is 10.2 Å². The predicted octanol–water partition coefficient (Wildman–Crippen LogP) is 2.22. The zero-order valence-corrected chi connectivity index (χ0v) is 8.09. The van der Waals surface area contributed by atoms with Crippen molar-refractivity contribution in [2.24, 2.45) is 0 Å². The smallest absolute Gasteiger partial charge is 0.337 e. The molecule has 0 amide bonds. The van der Waals surface area contributed by atoms with E-state index in [0.717, 1.165) is 0 Å². The van der Waals surface area contributed by atoms with Gasteiger partial charge in [0.2, 0.25) is 0 Å². The minimum absolute atomic E-state index is 0.107. The largest absolute Gasteiger partial charge is 0.478 e. The number of halogens is 1. The Morgan fingerprint density at radius 1 is 1.57 bits per heavy atom. The number of rotatable bonds is 1. The molecule has 72 valence electrons. The van der Waals surface area contributed by atoms with Gasteiger partial charge in [-0.2, -0.15) is 5.10 Å². The molecule has 14 heavy (non-hydrogen) atoms. The first-order chi connectivity index (χ1) is 6.61. The Morgan fingerprint density at radius 3 is 2.93 bits per heavy atom. The molecule has 1 aromatic heterocycles. The number of fused-ring (bicyclic) bond motifs is 1. The maximum atomic E-state index is 11.0.